The van der Waals surface area contributed by atoms with Gasteiger partial charge in [-0.15, -0.1) is 0 Å². The number of fused-ring (bicyclic) bond motifs is 5. The van der Waals surface area contributed by atoms with Crippen molar-refractivity contribution in [3.63, 3.8) is 0 Å². The number of aliphatic hydroxyl groups excluding tert-OH is 3. The molecule has 5 aliphatic rings. The van der Waals surface area contributed by atoms with Crippen LogP contribution < -0.4 is 0 Å². The van der Waals surface area contributed by atoms with E-state index in [0.29, 0.717) is 23.8 Å². The Morgan fingerprint density at radius 2 is 1.66 bits per heavy atom. The minimum Gasteiger partial charge on any atom is -0.451 e. The number of ether oxygens (including phenoxy) is 3. The van der Waals surface area contributed by atoms with E-state index in [-0.39, 0.29) is 29.1 Å². The molecule has 5 rings (SSSR count). The Kier molecular flexibility index (Phi) is 7.19. The Hall–Kier alpha value is -1.29. The molecule has 2 saturated carbocycles. The van der Waals surface area contributed by atoms with Crippen molar-refractivity contribution >= 4 is 23.4 Å². The summed E-state index contributed by atoms with van der Waals surface area (Å²) in [5.41, 5.74) is -0.702. The quantitative estimate of drug-likeness (QED) is 0.454. The summed E-state index contributed by atoms with van der Waals surface area (Å²) < 4.78 is 17.6. The molecular formula is C29H41ClO8. The lowest BCUT2D eigenvalue weighted by Crippen LogP contribution is -2.58. The van der Waals surface area contributed by atoms with Crippen molar-refractivity contribution in [3.05, 3.63) is 22.8 Å². The van der Waals surface area contributed by atoms with Gasteiger partial charge < -0.3 is 29.5 Å². The first-order valence-corrected chi connectivity index (χ1v) is 14.3. The maximum absolute atomic E-state index is 13.0. The first kappa shape index (κ1) is 28.2. The monoisotopic (exact) mass is 552 g/mol. The van der Waals surface area contributed by atoms with Gasteiger partial charge in [-0.3, -0.25) is 9.59 Å². The highest BCUT2D eigenvalue weighted by atomic mass is 35.5. The standard InChI is InChI=1S/C29H41ClO8/c1-14-23(33)24(34)25(35)26(36-14)37-17-6-9-27(4)19-7-10-28(5)20(18(19)13-22(30)21(27)12-17)8-11-29(28,15(2)31)38-16(3)32/h12-14,17-20,23-26,33-35H,6-11H2,1-5H3/t14-,17?,18+,19-,20-,23-,24+,25+,26-,27+,28-,29-/m0/s1. The van der Waals surface area contributed by atoms with Crippen molar-refractivity contribution in [1.29, 1.82) is 0 Å². The average Bonchev–Trinajstić information content (AvgIpc) is 3.15. The van der Waals surface area contributed by atoms with Gasteiger partial charge in [0.1, 0.15) is 18.3 Å². The predicted molar refractivity (Wildman–Crippen MR) is 139 cm³/mol. The molecule has 12 atom stereocenters. The minimum atomic E-state index is -1.35. The Morgan fingerprint density at radius 1 is 0.974 bits per heavy atom. The fourth-order valence-electron chi connectivity index (χ4n) is 8.67. The molecule has 0 spiro atoms. The zero-order valence-electron chi connectivity index (χ0n) is 22.9. The van der Waals surface area contributed by atoms with Gasteiger partial charge in [0.15, 0.2) is 17.7 Å². The second-order valence-electron chi connectivity index (χ2n) is 12.7. The number of rotatable bonds is 4. The Morgan fingerprint density at radius 3 is 2.32 bits per heavy atom. The fraction of sp³-hybridized carbons (Fsp3) is 0.793. The van der Waals surface area contributed by atoms with E-state index in [9.17, 15) is 24.9 Å². The highest BCUT2D eigenvalue weighted by Crippen LogP contribution is 2.68. The van der Waals surface area contributed by atoms with Gasteiger partial charge in [-0.05, 0) is 81.1 Å². The number of hydrogen-bond donors (Lipinski definition) is 3. The molecular weight excluding hydrogens is 512 g/mol. The fourth-order valence-corrected chi connectivity index (χ4v) is 9.10. The molecule has 38 heavy (non-hydrogen) atoms. The summed E-state index contributed by atoms with van der Waals surface area (Å²) in [4.78, 5) is 25.0. The number of Topliss-reactive ketones (excluding diaryl/α,β-unsaturated/α-hetero) is 1. The highest BCUT2D eigenvalue weighted by Gasteiger charge is 2.67. The molecule has 1 unspecified atom stereocenters. The van der Waals surface area contributed by atoms with Gasteiger partial charge in [0.25, 0.3) is 0 Å². The van der Waals surface area contributed by atoms with Crippen molar-refractivity contribution in [2.45, 2.75) is 116 Å². The molecule has 212 valence electrons. The largest absolute Gasteiger partial charge is 0.451 e. The molecule has 3 fully saturated rings. The lowest BCUT2D eigenvalue weighted by molar-refractivity contribution is -0.301. The van der Waals surface area contributed by atoms with Gasteiger partial charge in [-0.25, -0.2) is 0 Å². The van der Waals surface area contributed by atoms with Gasteiger partial charge in [-0.1, -0.05) is 37.6 Å². The van der Waals surface area contributed by atoms with Crippen LogP contribution >= 0.6 is 11.6 Å². The van der Waals surface area contributed by atoms with E-state index in [1.807, 2.05) is 6.08 Å². The zero-order chi connectivity index (χ0) is 27.8. The van der Waals surface area contributed by atoms with Crippen LogP contribution in [0.2, 0.25) is 0 Å². The number of halogens is 1. The van der Waals surface area contributed by atoms with E-state index in [2.05, 4.69) is 19.9 Å². The van der Waals surface area contributed by atoms with Crippen LogP contribution in [0.25, 0.3) is 0 Å². The van der Waals surface area contributed by atoms with Crippen LogP contribution in [0.4, 0.5) is 0 Å². The number of hydrogen-bond acceptors (Lipinski definition) is 8. The van der Waals surface area contributed by atoms with Crippen LogP contribution in [0.5, 0.6) is 0 Å². The molecule has 0 aromatic carbocycles. The molecule has 0 radical (unpaired) electrons. The third-order valence-electron chi connectivity index (χ3n) is 10.8. The van der Waals surface area contributed by atoms with Gasteiger partial charge in [0.2, 0.25) is 0 Å². The number of esters is 1. The van der Waals surface area contributed by atoms with Gasteiger partial charge in [0.05, 0.1) is 12.2 Å². The summed E-state index contributed by atoms with van der Waals surface area (Å²) in [7, 11) is 0. The van der Waals surface area contributed by atoms with Crippen molar-refractivity contribution in [2.24, 2.45) is 28.6 Å². The molecule has 9 heteroatoms. The van der Waals surface area contributed by atoms with Gasteiger partial charge in [-0.2, -0.15) is 0 Å². The summed E-state index contributed by atoms with van der Waals surface area (Å²) in [6.07, 6.45) is 2.74. The SMILES string of the molecule is CC(=O)O[C@]1(C(C)=O)CC[C@H]2[C@@H]3C=C(Cl)C4=CC(O[C@@H]5O[C@@H](C)[C@H](O)[C@@H](O)[C@H]5O)CC[C@]4(C)[C@H]3CC[C@@]21C. The van der Waals surface area contributed by atoms with E-state index >= 15 is 0 Å². The first-order valence-electron chi connectivity index (χ1n) is 13.9. The van der Waals surface area contributed by atoms with Gasteiger partial charge in [0, 0.05) is 17.4 Å². The van der Waals surface area contributed by atoms with Crippen molar-refractivity contribution < 1.29 is 39.1 Å². The molecule has 1 heterocycles. The maximum atomic E-state index is 13.0. The summed E-state index contributed by atoms with van der Waals surface area (Å²) >= 11 is 6.99. The Bertz CT molecular complexity index is 1060. The van der Waals surface area contributed by atoms with Crippen LogP contribution in [0.1, 0.15) is 73.1 Å². The van der Waals surface area contributed by atoms with Crippen LogP contribution in [-0.4, -0.2) is 69.5 Å². The van der Waals surface area contributed by atoms with E-state index in [1.165, 1.54) is 6.92 Å². The van der Waals surface area contributed by atoms with Crippen LogP contribution in [0.3, 0.4) is 0 Å². The molecule has 3 N–H and O–H groups in total. The lowest BCUT2D eigenvalue weighted by atomic mass is 9.48. The second kappa shape index (κ2) is 9.67. The van der Waals surface area contributed by atoms with Crippen molar-refractivity contribution in [1.82, 2.24) is 0 Å². The van der Waals surface area contributed by atoms with Crippen LogP contribution in [0.15, 0.2) is 22.8 Å². The molecule has 0 amide bonds. The number of aliphatic hydroxyl groups is 3. The Labute approximate surface area is 229 Å². The number of carbonyl (C=O) groups is 2. The van der Waals surface area contributed by atoms with E-state index < -0.39 is 47.7 Å². The molecule has 1 saturated heterocycles. The summed E-state index contributed by atoms with van der Waals surface area (Å²) in [5, 5.41) is 31.3. The zero-order valence-corrected chi connectivity index (χ0v) is 23.6. The third-order valence-corrected chi connectivity index (χ3v) is 11.1. The minimum absolute atomic E-state index is 0.0782. The molecule has 0 aromatic heterocycles. The average molecular weight is 553 g/mol. The number of ketones is 1. The first-order chi connectivity index (χ1) is 17.7. The van der Waals surface area contributed by atoms with Crippen molar-refractivity contribution in [3.8, 4) is 0 Å². The normalized spacial score (nSPS) is 50.2. The highest BCUT2D eigenvalue weighted by molar-refractivity contribution is 6.32. The molecule has 0 bridgehead atoms. The summed E-state index contributed by atoms with van der Waals surface area (Å²) in [6, 6.07) is 0. The van der Waals surface area contributed by atoms with E-state index in [1.54, 1.807) is 13.8 Å². The lowest BCUT2D eigenvalue weighted by Gasteiger charge is -2.58. The smallest absolute Gasteiger partial charge is 0.303 e. The van der Waals surface area contributed by atoms with E-state index in [4.69, 9.17) is 25.8 Å². The maximum Gasteiger partial charge on any atom is 0.303 e. The summed E-state index contributed by atoms with van der Waals surface area (Å²) in [5.74, 6) is 0.166. The predicted octanol–water partition coefficient (Wildman–Crippen LogP) is 3.40. The molecule has 0 aromatic rings. The molecule has 4 aliphatic carbocycles. The van der Waals surface area contributed by atoms with Crippen LogP contribution in [-0.2, 0) is 23.8 Å². The van der Waals surface area contributed by atoms with Gasteiger partial charge >= 0.3 is 5.97 Å². The third kappa shape index (κ3) is 4.05. The number of carbonyl (C=O) groups excluding carboxylic acids is 2. The topological polar surface area (TPSA) is 123 Å². The number of allylic oxidation sites excluding steroid dienone is 3. The summed E-state index contributed by atoms with van der Waals surface area (Å²) in [6.45, 7) is 8.94. The molecule has 1 aliphatic heterocycles. The van der Waals surface area contributed by atoms with Crippen molar-refractivity contribution in [2.75, 3.05) is 0 Å². The second-order valence-corrected chi connectivity index (χ2v) is 13.1. The Balaban J connectivity index is 1.42. The van der Waals surface area contributed by atoms with Crippen LogP contribution in [0, 0.1) is 28.6 Å². The molecule has 8 nitrogen and oxygen atoms in total. The van der Waals surface area contributed by atoms with E-state index in [0.717, 1.165) is 31.3 Å².